The largest absolute Gasteiger partial charge is 0.494 e. The van der Waals surface area contributed by atoms with Gasteiger partial charge in [0.05, 0.1) is 6.61 Å². The Hall–Kier alpha value is -1.90. The third-order valence-electron chi connectivity index (χ3n) is 7.61. The fraction of sp³-hybridized carbons (Fsp3) is 0.677. The summed E-state index contributed by atoms with van der Waals surface area (Å²) in [7, 11) is 0. The fourth-order valence-electron chi connectivity index (χ4n) is 5.27. The van der Waals surface area contributed by atoms with Gasteiger partial charge in [0, 0.05) is 18.0 Å². The molecule has 0 saturated heterocycles. The van der Waals surface area contributed by atoms with Crippen LogP contribution < -0.4 is 4.74 Å². The van der Waals surface area contributed by atoms with Gasteiger partial charge in [0.25, 0.3) is 0 Å². The van der Waals surface area contributed by atoms with Crippen LogP contribution in [0.4, 0.5) is 0 Å². The molecule has 0 atom stereocenters. The minimum Gasteiger partial charge on any atom is -0.494 e. The molecular weight excluding hydrogens is 416 g/mol. The summed E-state index contributed by atoms with van der Waals surface area (Å²) in [6.07, 6.45) is 25.7. The molecule has 1 aromatic heterocycles. The van der Waals surface area contributed by atoms with Crippen molar-refractivity contribution in [3.8, 4) is 17.1 Å². The zero-order valence-electron chi connectivity index (χ0n) is 21.9. The highest BCUT2D eigenvalue weighted by atomic mass is 16.5. The molecule has 0 radical (unpaired) electrons. The summed E-state index contributed by atoms with van der Waals surface area (Å²) in [6.45, 7) is 5.33. The molecule has 0 spiro atoms. The molecule has 0 unspecified atom stereocenters. The quantitative estimate of drug-likeness (QED) is 0.232. The number of ether oxygens (including phenoxy) is 1. The minimum absolute atomic E-state index is 0.797. The number of aromatic nitrogens is 2. The highest BCUT2D eigenvalue weighted by molar-refractivity contribution is 5.55. The SMILES string of the molecule is CCCCCCCC1CCC(CCc2cnc(-c3ccc(OCCCCCC)cc3)nc2)CC1. The van der Waals surface area contributed by atoms with Crippen molar-refractivity contribution in [3.63, 3.8) is 0 Å². The summed E-state index contributed by atoms with van der Waals surface area (Å²) in [5, 5.41) is 0. The Morgan fingerprint density at radius 1 is 0.706 bits per heavy atom. The molecule has 2 aromatic rings. The lowest BCUT2D eigenvalue weighted by atomic mass is 9.78. The van der Waals surface area contributed by atoms with Gasteiger partial charge in [-0.15, -0.1) is 0 Å². The van der Waals surface area contributed by atoms with Gasteiger partial charge in [0.15, 0.2) is 5.82 Å². The fourth-order valence-corrected chi connectivity index (χ4v) is 5.27. The summed E-state index contributed by atoms with van der Waals surface area (Å²) >= 11 is 0. The normalized spacial score (nSPS) is 18.2. The lowest BCUT2D eigenvalue weighted by molar-refractivity contribution is 0.248. The van der Waals surface area contributed by atoms with Crippen LogP contribution in [0.25, 0.3) is 11.4 Å². The van der Waals surface area contributed by atoms with Gasteiger partial charge in [-0.05, 0) is 60.9 Å². The van der Waals surface area contributed by atoms with Gasteiger partial charge in [-0.25, -0.2) is 9.97 Å². The Bertz CT molecular complexity index is 763. The van der Waals surface area contributed by atoms with Crippen LogP contribution in [0.2, 0.25) is 0 Å². The van der Waals surface area contributed by atoms with Gasteiger partial charge in [-0.3, -0.25) is 0 Å². The zero-order valence-corrected chi connectivity index (χ0v) is 21.9. The molecule has 0 amide bonds. The summed E-state index contributed by atoms with van der Waals surface area (Å²) in [5.41, 5.74) is 2.33. The van der Waals surface area contributed by atoms with Crippen molar-refractivity contribution in [1.82, 2.24) is 9.97 Å². The predicted octanol–water partition coefficient (Wildman–Crippen LogP) is 9.20. The van der Waals surface area contributed by atoms with E-state index in [2.05, 4.69) is 35.9 Å². The average molecular weight is 465 g/mol. The molecule has 3 rings (SSSR count). The van der Waals surface area contributed by atoms with Crippen LogP contribution in [0.1, 0.15) is 116 Å². The predicted molar refractivity (Wildman–Crippen MR) is 144 cm³/mol. The molecule has 3 heteroatoms. The smallest absolute Gasteiger partial charge is 0.159 e. The molecular formula is C31H48N2O. The second-order valence-corrected chi connectivity index (χ2v) is 10.5. The number of nitrogens with zero attached hydrogens (tertiary/aromatic N) is 2. The lowest BCUT2D eigenvalue weighted by Gasteiger charge is -2.28. The number of aryl methyl sites for hydroxylation is 1. The van der Waals surface area contributed by atoms with E-state index in [0.29, 0.717) is 0 Å². The summed E-state index contributed by atoms with van der Waals surface area (Å²) in [5.74, 6) is 3.63. The first-order valence-corrected chi connectivity index (χ1v) is 14.3. The molecule has 0 N–H and O–H groups in total. The second-order valence-electron chi connectivity index (χ2n) is 10.5. The number of hydrogen-bond acceptors (Lipinski definition) is 3. The second kappa shape index (κ2) is 15.9. The van der Waals surface area contributed by atoms with Crippen LogP contribution in [-0.4, -0.2) is 16.6 Å². The maximum atomic E-state index is 5.85. The van der Waals surface area contributed by atoms with Crippen LogP contribution in [0.5, 0.6) is 5.75 Å². The van der Waals surface area contributed by atoms with E-state index in [9.17, 15) is 0 Å². The summed E-state index contributed by atoms with van der Waals surface area (Å²) in [6, 6.07) is 8.21. The van der Waals surface area contributed by atoms with Crippen molar-refractivity contribution in [1.29, 1.82) is 0 Å². The number of unbranched alkanes of at least 4 members (excludes halogenated alkanes) is 7. The van der Waals surface area contributed by atoms with E-state index in [-0.39, 0.29) is 0 Å². The third-order valence-corrected chi connectivity index (χ3v) is 7.61. The van der Waals surface area contributed by atoms with Crippen LogP contribution in [-0.2, 0) is 6.42 Å². The van der Waals surface area contributed by atoms with Crippen molar-refractivity contribution in [3.05, 3.63) is 42.2 Å². The van der Waals surface area contributed by atoms with E-state index < -0.39 is 0 Å². The monoisotopic (exact) mass is 464 g/mol. The molecule has 1 aliphatic rings. The highest BCUT2D eigenvalue weighted by Crippen LogP contribution is 2.34. The zero-order chi connectivity index (χ0) is 23.8. The van der Waals surface area contributed by atoms with E-state index in [1.807, 2.05) is 24.5 Å². The molecule has 1 heterocycles. The average Bonchev–Trinajstić information content (AvgIpc) is 2.89. The molecule has 1 saturated carbocycles. The van der Waals surface area contributed by atoms with Gasteiger partial charge in [0.1, 0.15) is 5.75 Å². The minimum atomic E-state index is 0.797. The van der Waals surface area contributed by atoms with Crippen molar-refractivity contribution >= 4 is 0 Å². The van der Waals surface area contributed by atoms with Gasteiger partial charge in [-0.1, -0.05) is 97.3 Å². The Morgan fingerprint density at radius 3 is 1.94 bits per heavy atom. The Labute approximate surface area is 209 Å². The van der Waals surface area contributed by atoms with Gasteiger partial charge in [0.2, 0.25) is 0 Å². The molecule has 1 aliphatic carbocycles. The molecule has 1 aromatic carbocycles. The van der Waals surface area contributed by atoms with Crippen LogP contribution in [0.15, 0.2) is 36.7 Å². The molecule has 34 heavy (non-hydrogen) atoms. The third kappa shape index (κ3) is 9.76. The molecule has 1 fully saturated rings. The van der Waals surface area contributed by atoms with Gasteiger partial charge >= 0.3 is 0 Å². The topological polar surface area (TPSA) is 35.0 Å². The van der Waals surface area contributed by atoms with Crippen molar-refractivity contribution < 1.29 is 4.74 Å². The standard InChI is InChI=1S/C31H48N2O/c1-3-5-7-9-10-12-26-13-15-27(16-14-26)17-18-28-24-32-31(33-25-28)29-19-21-30(22-20-29)34-23-11-8-6-4-2/h19-22,24-27H,3-18,23H2,1-2H3. The van der Waals surface area contributed by atoms with Crippen LogP contribution in [0, 0.1) is 11.8 Å². The van der Waals surface area contributed by atoms with E-state index in [1.165, 1.54) is 95.5 Å². The Balaban J connectivity index is 1.33. The van der Waals surface area contributed by atoms with Crippen LogP contribution in [0.3, 0.4) is 0 Å². The molecule has 0 aliphatic heterocycles. The van der Waals surface area contributed by atoms with Crippen molar-refractivity contribution in [2.45, 2.75) is 117 Å². The first-order valence-electron chi connectivity index (χ1n) is 14.3. The first-order chi connectivity index (χ1) is 16.8. The van der Waals surface area contributed by atoms with E-state index >= 15 is 0 Å². The number of benzene rings is 1. The molecule has 0 bridgehead atoms. The van der Waals surface area contributed by atoms with Crippen molar-refractivity contribution in [2.24, 2.45) is 11.8 Å². The van der Waals surface area contributed by atoms with Gasteiger partial charge < -0.3 is 4.74 Å². The van der Waals surface area contributed by atoms with Crippen LogP contribution >= 0.6 is 0 Å². The Morgan fingerprint density at radius 2 is 1.29 bits per heavy atom. The van der Waals surface area contributed by atoms with Crippen molar-refractivity contribution in [2.75, 3.05) is 6.61 Å². The first kappa shape index (κ1) is 26.7. The van der Waals surface area contributed by atoms with E-state index in [1.54, 1.807) is 0 Å². The highest BCUT2D eigenvalue weighted by Gasteiger charge is 2.20. The molecule has 3 nitrogen and oxygen atoms in total. The number of rotatable bonds is 16. The molecule has 188 valence electrons. The maximum absolute atomic E-state index is 5.85. The summed E-state index contributed by atoms with van der Waals surface area (Å²) < 4.78 is 5.85. The Kier molecular flexibility index (Phi) is 12.5. The van der Waals surface area contributed by atoms with E-state index in [0.717, 1.165) is 48.4 Å². The maximum Gasteiger partial charge on any atom is 0.159 e. The number of hydrogen-bond donors (Lipinski definition) is 0. The van der Waals surface area contributed by atoms with E-state index in [4.69, 9.17) is 4.74 Å². The summed E-state index contributed by atoms with van der Waals surface area (Å²) in [4.78, 5) is 9.31. The van der Waals surface area contributed by atoms with Gasteiger partial charge in [-0.2, -0.15) is 0 Å². The lowest BCUT2D eigenvalue weighted by Crippen LogP contribution is -2.15.